The van der Waals surface area contributed by atoms with E-state index in [-0.39, 0.29) is 0 Å². The Morgan fingerprint density at radius 2 is 1.90 bits per heavy atom. The third-order valence-electron chi connectivity index (χ3n) is 3.33. The summed E-state index contributed by atoms with van der Waals surface area (Å²) in [6.45, 7) is 3.90. The van der Waals surface area contributed by atoms with Crippen LogP contribution in [-0.4, -0.2) is 11.7 Å². The van der Waals surface area contributed by atoms with Gasteiger partial charge in [0.2, 0.25) is 0 Å². The first kappa shape index (κ1) is 12.9. The van der Waals surface area contributed by atoms with Crippen molar-refractivity contribution in [3.8, 4) is 11.3 Å². The molecule has 0 fully saturated rings. The molecule has 0 aliphatic carbocycles. The second-order valence-electron chi connectivity index (χ2n) is 4.92. The van der Waals surface area contributed by atoms with Crippen molar-refractivity contribution in [2.24, 2.45) is 0 Å². The van der Waals surface area contributed by atoms with Crippen LogP contribution in [0.2, 0.25) is 0 Å². The minimum Gasteiger partial charge on any atom is -0.356 e. The van der Waals surface area contributed by atoms with E-state index in [0.29, 0.717) is 0 Å². The minimum absolute atomic E-state index is 0.755. The molecular weight excluding hydrogens is 248 g/mol. The monoisotopic (exact) mass is 266 g/mol. The Balaban J connectivity index is 1.83. The summed E-state index contributed by atoms with van der Waals surface area (Å²) in [5, 5.41) is 9.88. The molecule has 1 N–H and O–H groups in total. The molecule has 3 aromatic rings. The van der Waals surface area contributed by atoms with Gasteiger partial charge in [0.25, 0.3) is 0 Å². The van der Waals surface area contributed by atoms with Gasteiger partial charge in [0.1, 0.15) is 0 Å². The van der Waals surface area contributed by atoms with Gasteiger partial charge in [0.05, 0.1) is 5.69 Å². The van der Waals surface area contributed by atoms with Crippen molar-refractivity contribution in [2.45, 2.75) is 19.9 Å². The Morgan fingerprint density at radius 3 is 2.75 bits per heavy atom. The third kappa shape index (κ3) is 2.73. The fourth-order valence-corrected chi connectivity index (χ4v) is 2.27. The van der Waals surface area contributed by atoms with E-state index in [2.05, 4.69) is 47.7 Å². The molecule has 0 aliphatic rings. The molecule has 0 atom stereocenters. The Morgan fingerprint density at radius 1 is 1.05 bits per heavy atom. The summed E-state index contributed by atoms with van der Waals surface area (Å²) in [5.41, 5.74) is 2.01. The smallest absolute Gasteiger partial charge is 0.167 e. The van der Waals surface area contributed by atoms with Gasteiger partial charge in [0.15, 0.2) is 5.76 Å². The van der Waals surface area contributed by atoms with Crippen LogP contribution in [0, 0.1) is 0 Å². The zero-order valence-electron chi connectivity index (χ0n) is 11.6. The summed E-state index contributed by atoms with van der Waals surface area (Å²) in [4.78, 5) is 0. The zero-order valence-corrected chi connectivity index (χ0v) is 11.6. The van der Waals surface area contributed by atoms with Crippen LogP contribution in [0.15, 0.2) is 53.1 Å². The quantitative estimate of drug-likeness (QED) is 0.709. The molecule has 1 heterocycles. The number of hydrogen-bond donors (Lipinski definition) is 1. The minimum atomic E-state index is 0.755. The largest absolute Gasteiger partial charge is 0.356 e. The Hall–Kier alpha value is -2.13. The van der Waals surface area contributed by atoms with E-state index in [1.165, 1.54) is 10.8 Å². The number of benzene rings is 2. The first-order chi connectivity index (χ1) is 9.86. The van der Waals surface area contributed by atoms with Crippen molar-refractivity contribution in [3.63, 3.8) is 0 Å². The van der Waals surface area contributed by atoms with Gasteiger partial charge in [-0.1, -0.05) is 48.5 Å². The van der Waals surface area contributed by atoms with Gasteiger partial charge in [0, 0.05) is 18.2 Å². The van der Waals surface area contributed by atoms with Gasteiger partial charge in [-0.15, -0.1) is 0 Å². The van der Waals surface area contributed by atoms with E-state index in [0.717, 1.165) is 36.5 Å². The molecule has 3 nitrogen and oxygen atoms in total. The van der Waals surface area contributed by atoms with E-state index in [4.69, 9.17) is 4.52 Å². The number of nitrogens with one attached hydrogen (secondary N) is 1. The molecular formula is C17H18N2O. The van der Waals surface area contributed by atoms with Crippen molar-refractivity contribution in [1.29, 1.82) is 0 Å². The summed E-state index contributed by atoms with van der Waals surface area (Å²) in [6.07, 6.45) is 1.12. The van der Waals surface area contributed by atoms with Crippen LogP contribution in [-0.2, 0) is 6.54 Å². The SMILES string of the molecule is CCCNCc1cc(-c2ccc3ccccc3c2)on1. The topological polar surface area (TPSA) is 38.1 Å². The summed E-state index contributed by atoms with van der Waals surface area (Å²) in [7, 11) is 0. The van der Waals surface area contributed by atoms with Gasteiger partial charge >= 0.3 is 0 Å². The number of rotatable bonds is 5. The lowest BCUT2D eigenvalue weighted by atomic mass is 10.1. The fraction of sp³-hybridized carbons (Fsp3) is 0.235. The molecule has 20 heavy (non-hydrogen) atoms. The van der Waals surface area contributed by atoms with Gasteiger partial charge in [-0.05, 0) is 29.8 Å². The van der Waals surface area contributed by atoms with Crippen LogP contribution in [0.4, 0.5) is 0 Å². The standard InChI is InChI=1S/C17H18N2O/c1-2-9-18-12-16-11-17(20-19-16)15-8-7-13-5-3-4-6-14(13)10-15/h3-8,10-11,18H,2,9,12H2,1H3. The number of aromatic nitrogens is 1. The van der Waals surface area contributed by atoms with E-state index < -0.39 is 0 Å². The highest BCUT2D eigenvalue weighted by atomic mass is 16.5. The lowest BCUT2D eigenvalue weighted by molar-refractivity contribution is 0.420. The average molecular weight is 266 g/mol. The van der Waals surface area contributed by atoms with Crippen molar-refractivity contribution < 1.29 is 4.52 Å². The summed E-state index contributed by atoms with van der Waals surface area (Å²) < 4.78 is 5.44. The summed E-state index contributed by atoms with van der Waals surface area (Å²) in [6, 6.07) is 16.7. The van der Waals surface area contributed by atoms with Gasteiger partial charge < -0.3 is 9.84 Å². The molecule has 102 valence electrons. The molecule has 0 radical (unpaired) electrons. The predicted molar refractivity (Wildman–Crippen MR) is 81.4 cm³/mol. The van der Waals surface area contributed by atoms with E-state index in [1.807, 2.05) is 18.2 Å². The van der Waals surface area contributed by atoms with Crippen LogP contribution in [0.1, 0.15) is 19.0 Å². The number of nitrogens with zero attached hydrogens (tertiary/aromatic N) is 1. The third-order valence-corrected chi connectivity index (χ3v) is 3.33. The fourth-order valence-electron chi connectivity index (χ4n) is 2.27. The van der Waals surface area contributed by atoms with Gasteiger partial charge in [-0.2, -0.15) is 0 Å². The molecule has 3 rings (SSSR count). The van der Waals surface area contributed by atoms with Crippen LogP contribution >= 0.6 is 0 Å². The molecule has 0 amide bonds. The summed E-state index contributed by atoms with van der Waals surface area (Å²) >= 11 is 0. The Kier molecular flexibility index (Phi) is 3.79. The number of hydrogen-bond acceptors (Lipinski definition) is 3. The first-order valence-corrected chi connectivity index (χ1v) is 7.02. The Labute approximate surface area is 118 Å². The van der Waals surface area contributed by atoms with Gasteiger partial charge in [-0.3, -0.25) is 0 Å². The second kappa shape index (κ2) is 5.88. The first-order valence-electron chi connectivity index (χ1n) is 7.02. The molecule has 0 unspecified atom stereocenters. The highest BCUT2D eigenvalue weighted by Crippen LogP contribution is 2.24. The number of fused-ring (bicyclic) bond motifs is 1. The maximum atomic E-state index is 5.44. The molecule has 2 aromatic carbocycles. The lowest BCUT2D eigenvalue weighted by Crippen LogP contribution is -2.13. The molecule has 0 spiro atoms. The lowest BCUT2D eigenvalue weighted by Gasteiger charge is -1.99. The summed E-state index contributed by atoms with van der Waals surface area (Å²) in [5.74, 6) is 0.823. The molecule has 1 aromatic heterocycles. The maximum absolute atomic E-state index is 5.44. The van der Waals surface area contributed by atoms with Crippen LogP contribution < -0.4 is 5.32 Å². The van der Waals surface area contributed by atoms with Crippen LogP contribution in [0.5, 0.6) is 0 Å². The zero-order chi connectivity index (χ0) is 13.8. The predicted octanol–water partition coefficient (Wildman–Crippen LogP) is 3.99. The van der Waals surface area contributed by atoms with Crippen molar-refractivity contribution in [2.75, 3.05) is 6.54 Å². The molecule has 0 saturated carbocycles. The van der Waals surface area contributed by atoms with Gasteiger partial charge in [-0.25, -0.2) is 0 Å². The molecule has 0 aliphatic heterocycles. The van der Waals surface area contributed by atoms with E-state index >= 15 is 0 Å². The van der Waals surface area contributed by atoms with E-state index in [1.54, 1.807) is 0 Å². The van der Waals surface area contributed by atoms with Crippen molar-refractivity contribution >= 4 is 10.8 Å². The maximum Gasteiger partial charge on any atom is 0.167 e. The second-order valence-corrected chi connectivity index (χ2v) is 4.92. The molecule has 0 bridgehead atoms. The molecule has 0 saturated heterocycles. The highest BCUT2D eigenvalue weighted by Gasteiger charge is 2.07. The van der Waals surface area contributed by atoms with Crippen LogP contribution in [0.25, 0.3) is 22.1 Å². The normalized spacial score (nSPS) is 11.1. The average Bonchev–Trinajstić information content (AvgIpc) is 2.96. The van der Waals surface area contributed by atoms with E-state index in [9.17, 15) is 0 Å². The van der Waals surface area contributed by atoms with Crippen LogP contribution in [0.3, 0.4) is 0 Å². The van der Waals surface area contributed by atoms with Crippen molar-refractivity contribution in [3.05, 3.63) is 54.2 Å². The molecule has 3 heteroatoms. The Bertz CT molecular complexity index is 703. The highest BCUT2D eigenvalue weighted by molar-refractivity contribution is 5.86. The van der Waals surface area contributed by atoms with Crippen molar-refractivity contribution in [1.82, 2.24) is 10.5 Å².